The maximum Gasteiger partial charge on any atom is 0.338 e. The van der Waals surface area contributed by atoms with E-state index in [1.807, 2.05) is 6.92 Å². The van der Waals surface area contributed by atoms with Gasteiger partial charge in [0.05, 0.1) is 22.8 Å². The highest BCUT2D eigenvalue weighted by Crippen LogP contribution is 2.37. The van der Waals surface area contributed by atoms with E-state index >= 15 is 0 Å². The average Bonchev–Trinajstić information content (AvgIpc) is 3.20. The summed E-state index contributed by atoms with van der Waals surface area (Å²) in [5.41, 5.74) is 2.52. The second kappa shape index (κ2) is 10.5. The molecule has 7 nitrogen and oxygen atoms in total. The number of ether oxygens (including phenoxy) is 1. The fourth-order valence-electron chi connectivity index (χ4n) is 4.12. The van der Waals surface area contributed by atoms with Crippen molar-refractivity contribution in [1.29, 1.82) is 0 Å². The Morgan fingerprint density at radius 1 is 1.03 bits per heavy atom. The van der Waals surface area contributed by atoms with Gasteiger partial charge in [-0.25, -0.2) is 17.6 Å². The molecule has 3 aromatic carbocycles. The number of benzene rings is 3. The van der Waals surface area contributed by atoms with Gasteiger partial charge in [0, 0.05) is 17.3 Å². The monoisotopic (exact) mass is 510 g/mol. The molecule has 0 unspecified atom stereocenters. The van der Waals surface area contributed by atoms with E-state index in [0.717, 1.165) is 30.5 Å². The number of sulfonamides is 1. The lowest BCUT2D eigenvalue weighted by molar-refractivity contribution is 0.0499. The summed E-state index contributed by atoms with van der Waals surface area (Å²) in [6.07, 6.45) is 2.17. The van der Waals surface area contributed by atoms with Crippen LogP contribution in [0.25, 0.3) is 0 Å². The molecule has 3 aromatic rings. The van der Waals surface area contributed by atoms with E-state index in [1.165, 1.54) is 16.4 Å². The molecule has 0 radical (unpaired) electrons. The number of esters is 1. The SMILES string of the molecule is CCCCOC(=O)c1ccc(NC(=O)c2ccc3c(c2)C[C@H](C)N3S(=O)(=O)c2ccc(F)cc2)cc1. The quantitative estimate of drug-likeness (QED) is 0.333. The van der Waals surface area contributed by atoms with Crippen molar-refractivity contribution in [2.24, 2.45) is 0 Å². The summed E-state index contributed by atoms with van der Waals surface area (Å²) in [5.74, 6) is -1.28. The average molecular weight is 511 g/mol. The van der Waals surface area contributed by atoms with E-state index in [0.29, 0.717) is 35.5 Å². The molecule has 1 aliphatic heterocycles. The van der Waals surface area contributed by atoms with Crippen LogP contribution in [0.3, 0.4) is 0 Å². The molecule has 1 heterocycles. The van der Waals surface area contributed by atoms with Crippen molar-refractivity contribution in [1.82, 2.24) is 0 Å². The topological polar surface area (TPSA) is 92.8 Å². The van der Waals surface area contributed by atoms with Crippen molar-refractivity contribution in [3.05, 3.63) is 89.2 Å². The summed E-state index contributed by atoms with van der Waals surface area (Å²) in [7, 11) is -3.89. The van der Waals surface area contributed by atoms with Gasteiger partial charge < -0.3 is 10.1 Å². The maximum atomic E-state index is 13.3. The molecule has 0 aliphatic carbocycles. The third-order valence-electron chi connectivity index (χ3n) is 5.97. The van der Waals surface area contributed by atoms with Gasteiger partial charge >= 0.3 is 5.97 Å². The Morgan fingerprint density at radius 2 is 1.69 bits per heavy atom. The first-order valence-electron chi connectivity index (χ1n) is 11.7. The van der Waals surface area contributed by atoms with Crippen LogP contribution in [0.15, 0.2) is 71.6 Å². The lowest BCUT2D eigenvalue weighted by Gasteiger charge is -2.24. The van der Waals surface area contributed by atoms with Gasteiger partial charge in [-0.05, 0) is 92.1 Å². The molecule has 0 saturated heterocycles. The van der Waals surface area contributed by atoms with Crippen LogP contribution >= 0.6 is 0 Å². The van der Waals surface area contributed by atoms with Gasteiger partial charge in [-0.2, -0.15) is 0 Å². The van der Waals surface area contributed by atoms with E-state index < -0.39 is 21.8 Å². The first-order valence-corrected chi connectivity index (χ1v) is 13.2. The predicted molar refractivity (Wildman–Crippen MR) is 135 cm³/mol. The largest absolute Gasteiger partial charge is 0.462 e. The van der Waals surface area contributed by atoms with E-state index in [-0.39, 0.29) is 16.8 Å². The minimum Gasteiger partial charge on any atom is -0.462 e. The number of fused-ring (bicyclic) bond motifs is 1. The Hall–Kier alpha value is -3.72. The Morgan fingerprint density at radius 3 is 2.36 bits per heavy atom. The zero-order valence-electron chi connectivity index (χ0n) is 20.0. The molecule has 0 bridgehead atoms. The van der Waals surface area contributed by atoms with Gasteiger partial charge in [0.2, 0.25) is 0 Å². The third-order valence-corrected chi connectivity index (χ3v) is 7.92. The van der Waals surface area contributed by atoms with Crippen LogP contribution in [0.4, 0.5) is 15.8 Å². The Labute approximate surface area is 209 Å². The Kier molecular flexibility index (Phi) is 7.40. The van der Waals surface area contributed by atoms with Gasteiger partial charge in [-0.15, -0.1) is 0 Å². The second-order valence-electron chi connectivity index (χ2n) is 8.67. The number of amides is 1. The fraction of sp³-hybridized carbons (Fsp3) is 0.259. The van der Waals surface area contributed by atoms with Crippen molar-refractivity contribution in [3.63, 3.8) is 0 Å². The molecule has 1 atom stereocenters. The molecule has 0 fully saturated rings. The molecule has 36 heavy (non-hydrogen) atoms. The molecular weight excluding hydrogens is 483 g/mol. The van der Waals surface area contributed by atoms with Crippen LogP contribution in [-0.2, 0) is 21.2 Å². The zero-order valence-corrected chi connectivity index (χ0v) is 20.8. The second-order valence-corrected chi connectivity index (χ2v) is 10.5. The smallest absolute Gasteiger partial charge is 0.338 e. The number of anilines is 2. The molecule has 1 N–H and O–H groups in total. The molecule has 188 valence electrons. The molecule has 4 rings (SSSR count). The highest BCUT2D eigenvalue weighted by Gasteiger charge is 2.36. The van der Waals surface area contributed by atoms with Crippen LogP contribution < -0.4 is 9.62 Å². The first kappa shape index (κ1) is 25.4. The number of hydrogen-bond donors (Lipinski definition) is 1. The summed E-state index contributed by atoms with van der Waals surface area (Å²) in [4.78, 5) is 24.9. The summed E-state index contributed by atoms with van der Waals surface area (Å²) in [5, 5.41) is 2.79. The number of unbranched alkanes of at least 4 members (excludes halogenated alkanes) is 1. The van der Waals surface area contributed by atoms with Gasteiger partial charge in [0.15, 0.2) is 0 Å². The van der Waals surface area contributed by atoms with E-state index in [2.05, 4.69) is 5.32 Å². The number of carbonyl (C=O) groups excluding carboxylic acids is 2. The molecule has 1 aliphatic rings. The van der Waals surface area contributed by atoms with Crippen molar-refractivity contribution in [2.75, 3.05) is 16.2 Å². The fourth-order valence-corrected chi connectivity index (χ4v) is 5.81. The molecule has 0 aromatic heterocycles. The Balaban J connectivity index is 1.48. The highest BCUT2D eigenvalue weighted by molar-refractivity contribution is 7.92. The third kappa shape index (κ3) is 5.26. The molecule has 1 amide bonds. The predicted octanol–water partition coefficient (Wildman–Crippen LogP) is 5.17. The van der Waals surface area contributed by atoms with Crippen LogP contribution in [0.5, 0.6) is 0 Å². The van der Waals surface area contributed by atoms with Gasteiger partial charge in [-0.3, -0.25) is 9.10 Å². The molecule has 0 spiro atoms. The number of nitrogens with one attached hydrogen (secondary N) is 1. The lowest BCUT2D eigenvalue weighted by atomic mass is 10.1. The standard InChI is InChI=1S/C27H27FN2O5S/c1-3-4-15-35-27(32)19-5-10-23(11-6-19)29-26(31)20-7-14-25-21(17-20)16-18(2)30(25)36(33,34)24-12-8-22(28)9-13-24/h5-14,17-18H,3-4,15-16H2,1-2H3,(H,29,31)/t18-/m0/s1. The van der Waals surface area contributed by atoms with E-state index in [9.17, 15) is 22.4 Å². The van der Waals surface area contributed by atoms with Crippen LogP contribution in [-0.4, -0.2) is 32.9 Å². The van der Waals surface area contributed by atoms with E-state index in [1.54, 1.807) is 49.4 Å². The highest BCUT2D eigenvalue weighted by atomic mass is 32.2. The van der Waals surface area contributed by atoms with Crippen LogP contribution in [0.1, 0.15) is 53.0 Å². The van der Waals surface area contributed by atoms with Crippen LogP contribution in [0, 0.1) is 5.82 Å². The first-order chi connectivity index (χ1) is 17.2. The molecule has 0 saturated carbocycles. The number of nitrogens with zero attached hydrogens (tertiary/aromatic N) is 1. The summed E-state index contributed by atoms with van der Waals surface area (Å²) in [6.45, 7) is 4.17. The number of halogens is 1. The maximum absolute atomic E-state index is 13.3. The van der Waals surface area contributed by atoms with Crippen molar-refractivity contribution in [2.45, 2.75) is 44.0 Å². The minimum atomic E-state index is -3.89. The number of rotatable bonds is 8. The van der Waals surface area contributed by atoms with Crippen molar-refractivity contribution < 1.29 is 27.1 Å². The van der Waals surface area contributed by atoms with Crippen molar-refractivity contribution >= 4 is 33.3 Å². The van der Waals surface area contributed by atoms with Crippen molar-refractivity contribution in [3.8, 4) is 0 Å². The zero-order chi connectivity index (χ0) is 25.9. The molecular formula is C27H27FN2O5S. The van der Waals surface area contributed by atoms with Gasteiger partial charge in [-0.1, -0.05) is 13.3 Å². The number of carbonyl (C=O) groups is 2. The molecule has 9 heteroatoms. The summed E-state index contributed by atoms with van der Waals surface area (Å²) in [6, 6.07) is 15.6. The van der Waals surface area contributed by atoms with Gasteiger partial charge in [0.25, 0.3) is 15.9 Å². The minimum absolute atomic E-state index is 0.00288. The number of hydrogen-bond acceptors (Lipinski definition) is 5. The summed E-state index contributed by atoms with van der Waals surface area (Å²) < 4.78 is 46.2. The lowest BCUT2D eigenvalue weighted by Crippen LogP contribution is -2.35. The van der Waals surface area contributed by atoms with E-state index in [4.69, 9.17) is 4.74 Å². The van der Waals surface area contributed by atoms with Crippen LogP contribution in [0.2, 0.25) is 0 Å². The van der Waals surface area contributed by atoms with Gasteiger partial charge in [0.1, 0.15) is 5.82 Å². The summed E-state index contributed by atoms with van der Waals surface area (Å²) >= 11 is 0. The Bertz CT molecular complexity index is 1370. The normalized spacial score (nSPS) is 14.9.